The van der Waals surface area contributed by atoms with Crippen LogP contribution in [0.1, 0.15) is 5.56 Å². The van der Waals surface area contributed by atoms with Gasteiger partial charge < -0.3 is 5.32 Å². The van der Waals surface area contributed by atoms with E-state index in [1.807, 2.05) is 0 Å². The molecule has 2 aromatic rings. The molecular formula is C13H10ClFN2O2. The average Bonchev–Trinajstić information content (AvgIpc) is 2.37. The van der Waals surface area contributed by atoms with Crippen molar-refractivity contribution in [2.45, 2.75) is 6.54 Å². The molecule has 0 radical (unpaired) electrons. The van der Waals surface area contributed by atoms with E-state index >= 15 is 0 Å². The number of para-hydroxylation sites is 1. The second-order valence-electron chi connectivity index (χ2n) is 3.87. The van der Waals surface area contributed by atoms with Crippen molar-refractivity contribution in [3.8, 4) is 0 Å². The molecule has 0 aliphatic heterocycles. The summed E-state index contributed by atoms with van der Waals surface area (Å²) >= 11 is 5.93. The topological polar surface area (TPSA) is 55.2 Å². The zero-order valence-corrected chi connectivity index (χ0v) is 10.5. The van der Waals surface area contributed by atoms with Crippen molar-refractivity contribution in [1.82, 2.24) is 0 Å². The number of anilines is 1. The number of rotatable bonds is 4. The first-order valence-corrected chi connectivity index (χ1v) is 5.87. The lowest BCUT2D eigenvalue weighted by Crippen LogP contribution is -2.03. The summed E-state index contributed by atoms with van der Waals surface area (Å²) < 4.78 is 13.0. The fourth-order valence-corrected chi connectivity index (χ4v) is 1.91. The molecule has 0 fully saturated rings. The van der Waals surface area contributed by atoms with Gasteiger partial charge in [-0.2, -0.15) is 0 Å². The third-order valence-corrected chi connectivity index (χ3v) is 2.86. The number of nitrogens with zero attached hydrogens (tertiary/aromatic N) is 1. The molecule has 0 atom stereocenters. The minimum absolute atomic E-state index is 0.107. The Hall–Kier alpha value is -2.14. The van der Waals surface area contributed by atoms with Crippen LogP contribution in [-0.2, 0) is 6.54 Å². The first-order chi connectivity index (χ1) is 9.08. The van der Waals surface area contributed by atoms with Crippen molar-refractivity contribution in [3.63, 3.8) is 0 Å². The molecule has 0 amide bonds. The molecule has 0 unspecified atom stereocenters. The van der Waals surface area contributed by atoms with Gasteiger partial charge >= 0.3 is 0 Å². The SMILES string of the molecule is O=[N+]([O-])c1cccc(Cl)c1NCc1cccc(F)c1. The summed E-state index contributed by atoms with van der Waals surface area (Å²) in [6.45, 7) is 0.252. The molecule has 98 valence electrons. The molecule has 4 nitrogen and oxygen atoms in total. The Morgan fingerprint density at radius 3 is 2.68 bits per heavy atom. The monoisotopic (exact) mass is 280 g/mol. The van der Waals surface area contributed by atoms with E-state index in [4.69, 9.17) is 11.6 Å². The lowest BCUT2D eigenvalue weighted by Gasteiger charge is -2.09. The van der Waals surface area contributed by atoms with E-state index in [2.05, 4.69) is 5.32 Å². The van der Waals surface area contributed by atoms with Gasteiger partial charge in [0, 0.05) is 12.6 Å². The maximum Gasteiger partial charge on any atom is 0.293 e. The number of hydrogen-bond acceptors (Lipinski definition) is 3. The van der Waals surface area contributed by atoms with Crippen LogP contribution in [0.3, 0.4) is 0 Å². The van der Waals surface area contributed by atoms with Crippen LogP contribution in [0, 0.1) is 15.9 Å². The van der Waals surface area contributed by atoms with Gasteiger partial charge in [-0.1, -0.05) is 29.8 Å². The van der Waals surface area contributed by atoms with Gasteiger partial charge in [-0.3, -0.25) is 10.1 Å². The maximum atomic E-state index is 13.0. The largest absolute Gasteiger partial charge is 0.374 e. The van der Waals surface area contributed by atoms with Crippen molar-refractivity contribution in [2.75, 3.05) is 5.32 Å². The Labute approximate surface area is 114 Å². The molecule has 0 saturated carbocycles. The summed E-state index contributed by atoms with van der Waals surface area (Å²) in [5.41, 5.74) is 0.802. The van der Waals surface area contributed by atoms with Crippen molar-refractivity contribution < 1.29 is 9.31 Å². The van der Waals surface area contributed by atoms with Gasteiger partial charge in [-0.15, -0.1) is 0 Å². The van der Waals surface area contributed by atoms with Crippen LogP contribution in [0.4, 0.5) is 15.8 Å². The van der Waals surface area contributed by atoms with Crippen molar-refractivity contribution in [2.24, 2.45) is 0 Å². The molecule has 0 bridgehead atoms. The number of benzene rings is 2. The Morgan fingerprint density at radius 2 is 2.00 bits per heavy atom. The minimum atomic E-state index is -0.514. The van der Waals surface area contributed by atoms with Crippen molar-refractivity contribution in [3.05, 3.63) is 69.0 Å². The second-order valence-corrected chi connectivity index (χ2v) is 4.28. The molecular weight excluding hydrogens is 271 g/mol. The highest BCUT2D eigenvalue weighted by Crippen LogP contribution is 2.32. The summed E-state index contributed by atoms with van der Waals surface area (Å²) in [5, 5.41) is 14.0. The van der Waals surface area contributed by atoms with Crippen LogP contribution in [0.5, 0.6) is 0 Å². The van der Waals surface area contributed by atoms with Gasteiger partial charge in [0.2, 0.25) is 0 Å². The highest BCUT2D eigenvalue weighted by atomic mass is 35.5. The zero-order chi connectivity index (χ0) is 13.8. The molecule has 6 heteroatoms. The Morgan fingerprint density at radius 1 is 1.26 bits per heavy atom. The van der Waals surface area contributed by atoms with Gasteiger partial charge in [0.25, 0.3) is 5.69 Å². The fourth-order valence-electron chi connectivity index (χ4n) is 1.68. The maximum absolute atomic E-state index is 13.0. The normalized spacial score (nSPS) is 10.2. The van der Waals surface area contributed by atoms with Gasteiger partial charge in [0.1, 0.15) is 11.5 Å². The number of nitro benzene ring substituents is 1. The number of halogens is 2. The third-order valence-electron chi connectivity index (χ3n) is 2.55. The second kappa shape index (κ2) is 5.67. The molecule has 0 heterocycles. The Balaban J connectivity index is 2.22. The number of hydrogen-bond donors (Lipinski definition) is 1. The summed E-state index contributed by atoms with van der Waals surface area (Å²) in [7, 11) is 0. The lowest BCUT2D eigenvalue weighted by molar-refractivity contribution is -0.383. The predicted molar refractivity (Wildman–Crippen MR) is 71.8 cm³/mol. The number of nitrogens with one attached hydrogen (secondary N) is 1. The van der Waals surface area contributed by atoms with E-state index in [1.165, 1.54) is 24.3 Å². The van der Waals surface area contributed by atoms with E-state index in [-0.39, 0.29) is 28.8 Å². The van der Waals surface area contributed by atoms with Crippen LogP contribution < -0.4 is 5.32 Å². The van der Waals surface area contributed by atoms with Crippen LogP contribution in [-0.4, -0.2) is 4.92 Å². The molecule has 2 aromatic carbocycles. The lowest BCUT2D eigenvalue weighted by atomic mass is 10.2. The average molecular weight is 281 g/mol. The van der Waals surface area contributed by atoms with Gasteiger partial charge in [0.15, 0.2) is 0 Å². The van der Waals surface area contributed by atoms with Crippen molar-refractivity contribution in [1.29, 1.82) is 0 Å². The first kappa shape index (κ1) is 13.3. The van der Waals surface area contributed by atoms with E-state index in [0.29, 0.717) is 5.56 Å². The molecule has 19 heavy (non-hydrogen) atoms. The smallest absolute Gasteiger partial charge is 0.293 e. The van der Waals surface area contributed by atoms with Crippen LogP contribution in [0.25, 0.3) is 0 Å². The number of nitro groups is 1. The molecule has 0 saturated heterocycles. The molecule has 0 aliphatic rings. The van der Waals surface area contributed by atoms with E-state index < -0.39 is 4.92 Å². The van der Waals surface area contributed by atoms with Gasteiger partial charge in [-0.25, -0.2) is 4.39 Å². The van der Waals surface area contributed by atoms with Crippen LogP contribution in [0.2, 0.25) is 5.02 Å². The van der Waals surface area contributed by atoms with Gasteiger partial charge in [-0.05, 0) is 23.8 Å². The van der Waals surface area contributed by atoms with Crippen LogP contribution in [0.15, 0.2) is 42.5 Å². The van der Waals surface area contributed by atoms with Crippen LogP contribution >= 0.6 is 11.6 Å². The molecule has 1 N–H and O–H groups in total. The highest BCUT2D eigenvalue weighted by molar-refractivity contribution is 6.33. The zero-order valence-electron chi connectivity index (χ0n) is 9.77. The molecule has 0 aliphatic carbocycles. The minimum Gasteiger partial charge on any atom is -0.374 e. The van der Waals surface area contributed by atoms with Crippen molar-refractivity contribution >= 4 is 23.0 Å². The summed E-state index contributed by atoms with van der Waals surface area (Å²) in [6.07, 6.45) is 0. The molecule has 0 aromatic heterocycles. The Kier molecular flexibility index (Phi) is 3.97. The third kappa shape index (κ3) is 3.20. The standard InChI is InChI=1S/C13H10ClFN2O2/c14-11-5-2-6-12(17(18)19)13(11)16-8-9-3-1-4-10(15)7-9/h1-7,16H,8H2. The quantitative estimate of drug-likeness (QED) is 0.680. The Bertz CT molecular complexity index is 619. The molecule has 2 rings (SSSR count). The van der Waals surface area contributed by atoms with E-state index in [1.54, 1.807) is 18.2 Å². The predicted octanol–water partition coefficient (Wildman–Crippen LogP) is 4.00. The van der Waals surface area contributed by atoms with E-state index in [0.717, 1.165) is 0 Å². The first-order valence-electron chi connectivity index (χ1n) is 5.49. The van der Waals surface area contributed by atoms with Gasteiger partial charge in [0.05, 0.1) is 9.95 Å². The van der Waals surface area contributed by atoms with E-state index in [9.17, 15) is 14.5 Å². The highest BCUT2D eigenvalue weighted by Gasteiger charge is 2.16. The summed E-state index contributed by atoms with van der Waals surface area (Å²) in [6, 6.07) is 10.4. The fraction of sp³-hybridized carbons (Fsp3) is 0.0769. The summed E-state index contributed by atoms with van der Waals surface area (Å²) in [4.78, 5) is 10.4. The summed E-state index contributed by atoms with van der Waals surface area (Å²) in [5.74, 6) is -0.354. The molecule has 0 spiro atoms.